The topological polar surface area (TPSA) is 17.8 Å². The molecule has 0 aliphatic carbocycles. The molecule has 0 unspecified atom stereocenters. The molecule has 1 rings (SSSR count). The summed E-state index contributed by atoms with van der Waals surface area (Å²) in [6.07, 6.45) is 4.09. The van der Waals surface area contributed by atoms with Gasteiger partial charge in [0.2, 0.25) is 0 Å². The second-order valence-corrected chi connectivity index (χ2v) is 7.51. The molecule has 2 nitrogen and oxygen atoms in total. The first-order chi connectivity index (χ1) is 5.71. The van der Waals surface area contributed by atoms with Crippen LogP contribution in [0.3, 0.4) is 0 Å². The minimum atomic E-state index is 0.0835. The Morgan fingerprint density at radius 2 is 1.77 bits per heavy atom. The van der Waals surface area contributed by atoms with Crippen LogP contribution in [0.4, 0.5) is 0 Å². The summed E-state index contributed by atoms with van der Waals surface area (Å²) in [5.41, 5.74) is 1.36. The number of rotatable bonds is 1. The molecule has 13 heavy (non-hydrogen) atoms. The van der Waals surface area contributed by atoms with Gasteiger partial charge in [0.1, 0.15) is 0 Å². The van der Waals surface area contributed by atoms with E-state index in [-0.39, 0.29) is 8.96 Å². The van der Waals surface area contributed by atoms with E-state index in [4.69, 9.17) is 0 Å². The van der Waals surface area contributed by atoms with E-state index in [0.29, 0.717) is 0 Å². The molecule has 0 saturated heterocycles. The second-order valence-electron chi connectivity index (χ2n) is 4.82. The van der Waals surface area contributed by atoms with Crippen LogP contribution in [-0.2, 0) is 8.96 Å². The SMILES string of the molecule is CC(C)(I)c1cnn(C(C)(C)C)c1. The Hall–Kier alpha value is -0.0600. The standard InChI is InChI=1S/C10H17IN2/c1-9(2,3)13-7-8(6-12-13)10(4,5)11/h6-7H,1-5H3. The van der Waals surface area contributed by atoms with Crippen LogP contribution in [0, 0.1) is 0 Å². The fourth-order valence-corrected chi connectivity index (χ4v) is 1.28. The maximum Gasteiger partial charge on any atom is 0.0543 e. The van der Waals surface area contributed by atoms with Crippen LogP contribution < -0.4 is 0 Å². The van der Waals surface area contributed by atoms with Crippen LogP contribution in [0.25, 0.3) is 0 Å². The number of alkyl halides is 1. The number of hydrogen-bond donors (Lipinski definition) is 0. The van der Waals surface area contributed by atoms with Gasteiger partial charge in [-0.1, -0.05) is 22.6 Å². The summed E-state index contributed by atoms with van der Waals surface area (Å²) in [5, 5.41) is 4.37. The van der Waals surface area contributed by atoms with E-state index < -0.39 is 0 Å². The zero-order valence-electron chi connectivity index (χ0n) is 8.93. The lowest BCUT2D eigenvalue weighted by atomic mass is 10.1. The average molecular weight is 292 g/mol. The molecule has 3 heteroatoms. The van der Waals surface area contributed by atoms with Crippen LogP contribution in [0.1, 0.15) is 40.2 Å². The molecular formula is C10H17IN2. The molecule has 0 aliphatic heterocycles. The third-order valence-corrected chi connectivity index (χ3v) is 2.58. The van der Waals surface area contributed by atoms with Gasteiger partial charge in [-0.25, -0.2) is 0 Å². The van der Waals surface area contributed by atoms with Gasteiger partial charge in [0.25, 0.3) is 0 Å². The lowest BCUT2D eigenvalue weighted by Gasteiger charge is -2.19. The molecule has 74 valence electrons. The van der Waals surface area contributed by atoms with Crippen molar-refractivity contribution in [1.82, 2.24) is 9.78 Å². The highest BCUT2D eigenvalue weighted by Crippen LogP contribution is 2.30. The zero-order valence-corrected chi connectivity index (χ0v) is 11.1. The van der Waals surface area contributed by atoms with Crippen molar-refractivity contribution in [3.8, 4) is 0 Å². The Bertz CT molecular complexity index is 260. The average Bonchev–Trinajstić information content (AvgIpc) is 2.28. The summed E-state index contributed by atoms with van der Waals surface area (Å²) in [7, 11) is 0. The maximum absolute atomic E-state index is 4.37. The molecule has 1 heterocycles. The number of halogens is 1. The van der Waals surface area contributed by atoms with Crippen LogP contribution >= 0.6 is 22.6 Å². The Balaban J connectivity index is 3.01. The first-order valence-electron chi connectivity index (χ1n) is 4.46. The predicted molar refractivity (Wildman–Crippen MR) is 64.3 cm³/mol. The van der Waals surface area contributed by atoms with Crippen molar-refractivity contribution in [2.24, 2.45) is 0 Å². The molecule has 1 aromatic heterocycles. The molecule has 0 atom stereocenters. The van der Waals surface area contributed by atoms with Crippen LogP contribution in [0.5, 0.6) is 0 Å². The van der Waals surface area contributed by atoms with Crippen LogP contribution in [0.2, 0.25) is 0 Å². The van der Waals surface area contributed by atoms with Crippen LogP contribution in [-0.4, -0.2) is 9.78 Å². The summed E-state index contributed by atoms with van der Waals surface area (Å²) < 4.78 is 2.18. The Kier molecular flexibility index (Phi) is 2.76. The summed E-state index contributed by atoms with van der Waals surface area (Å²) in [6, 6.07) is 0. The van der Waals surface area contributed by atoms with Crippen molar-refractivity contribution >= 4 is 22.6 Å². The Morgan fingerprint density at radius 1 is 1.23 bits per heavy atom. The second kappa shape index (κ2) is 3.26. The highest BCUT2D eigenvalue weighted by Gasteiger charge is 2.21. The van der Waals surface area contributed by atoms with Crippen molar-refractivity contribution in [3.63, 3.8) is 0 Å². The highest BCUT2D eigenvalue weighted by molar-refractivity contribution is 14.1. The van der Waals surface area contributed by atoms with E-state index in [0.717, 1.165) is 0 Å². The van der Waals surface area contributed by atoms with Crippen LogP contribution in [0.15, 0.2) is 12.4 Å². The molecule has 0 aromatic carbocycles. The van der Waals surface area contributed by atoms with Crippen molar-refractivity contribution in [1.29, 1.82) is 0 Å². The number of hydrogen-bond acceptors (Lipinski definition) is 1. The lowest BCUT2D eigenvalue weighted by molar-refractivity contribution is 0.355. The molecule has 0 aliphatic rings. The van der Waals surface area contributed by atoms with Gasteiger partial charge in [-0.2, -0.15) is 5.10 Å². The zero-order chi connectivity index (χ0) is 10.3. The van der Waals surface area contributed by atoms with E-state index in [1.807, 2.05) is 10.9 Å². The first-order valence-corrected chi connectivity index (χ1v) is 5.54. The fraction of sp³-hybridized carbons (Fsp3) is 0.700. The quantitative estimate of drug-likeness (QED) is 0.573. The van der Waals surface area contributed by atoms with E-state index in [1.165, 1.54) is 5.56 Å². The molecule has 0 N–H and O–H groups in total. The molecule has 0 saturated carbocycles. The van der Waals surface area contributed by atoms with Gasteiger partial charge in [0.15, 0.2) is 0 Å². The highest BCUT2D eigenvalue weighted by atomic mass is 127. The maximum atomic E-state index is 4.37. The molecule has 0 fully saturated rings. The first kappa shape index (κ1) is 11.0. The molecular weight excluding hydrogens is 275 g/mol. The summed E-state index contributed by atoms with van der Waals surface area (Å²) in [5.74, 6) is 0. The third-order valence-electron chi connectivity index (χ3n) is 1.96. The van der Waals surface area contributed by atoms with Gasteiger partial charge in [-0.15, -0.1) is 0 Å². The van der Waals surface area contributed by atoms with Gasteiger partial charge in [0, 0.05) is 15.2 Å². The molecule has 0 spiro atoms. The summed E-state index contributed by atoms with van der Waals surface area (Å²) >= 11 is 2.43. The largest absolute Gasteiger partial charge is 0.267 e. The van der Waals surface area contributed by atoms with E-state index in [1.54, 1.807) is 0 Å². The van der Waals surface area contributed by atoms with Crippen molar-refractivity contribution in [2.45, 2.75) is 43.6 Å². The monoisotopic (exact) mass is 292 g/mol. The Morgan fingerprint density at radius 3 is 2.00 bits per heavy atom. The minimum Gasteiger partial charge on any atom is -0.267 e. The molecule has 0 bridgehead atoms. The molecule has 0 radical (unpaired) electrons. The minimum absolute atomic E-state index is 0.0835. The third kappa shape index (κ3) is 2.69. The van der Waals surface area contributed by atoms with E-state index in [2.05, 4.69) is 68.5 Å². The number of nitrogens with zero attached hydrogens (tertiary/aromatic N) is 2. The van der Waals surface area contributed by atoms with Gasteiger partial charge >= 0.3 is 0 Å². The van der Waals surface area contributed by atoms with E-state index in [9.17, 15) is 0 Å². The molecule has 1 aromatic rings. The van der Waals surface area contributed by atoms with Crippen molar-refractivity contribution in [3.05, 3.63) is 18.0 Å². The normalized spacial score (nSPS) is 13.4. The summed E-state index contributed by atoms with van der Waals surface area (Å²) in [6.45, 7) is 10.9. The fourth-order valence-electron chi connectivity index (χ4n) is 0.997. The lowest BCUT2D eigenvalue weighted by Crippen LogP contribution is -2.22. The van der Waals surface area contributed by atoms with Gasteiger partial charge in [0.05, 0.1) is 11.7 Å². The van der Waals surface area contributed by atoms with Gasteiger partial charge in [-0.3, -0.25) is 4.68 Å². The molecule has 0 amide bonds. The van der Waals surface area contributed by atoms with Crippen molar-refractivity contribution in [2.75, 3.05) is 0 Å². The summed E-state index contributed by atoms with van der Waals surface area (Å²) in [4.78, 5) is 0. The Labute approximate surface area is 93.9 Å². The van der Waals surface area contributed by atoms with Gasteiger partial charge in [-0.05, 0) is 34.6 Å². The van der Waals surface area contributed by atoms with Crippen molar-refractivity contribution < 1.29 is 0 Å². The smallest absolute Gasteiger partial charge is 0.0543 e. The van der Waals surface area contributed by atoms with Gasteiger partial charge < -0.3 is 0 Å². The van der Waals surface area contributed by atoms with E-state index >= 15 is 0 Å². The number of aromatic nitrogens is 2. The predicted octanol–water partition coefficient (Wildman–Crippen LogP) is 3.31.